The molecule has 0 unspecified atom stereocenters. The standard InChI is InChI=1S/C23H25N3O4S/c1-14(2)21(27)25-19-17-9-8-16(24-22(17)31-20(19)23(28)29-3)13-26-10-11-30-18-7-5-4-6-15(18)12-26/h4-9,14H,10-13H2,1-3H3,(H,25,27). The maximum Gasteiger partial charge on any atom is 0.350 e. The second-order valence-electron chi connectivity index (χ2n) is 7.76. The number of benzene rings is 1. The first-order valence-electron chi connectivity index (χ1n) is 10.2. The van der Waals surface area contributed by atoms with Gasteiger partial charge in [0.15, 0.2) is 0 Å². The van der Waals surface area contributed by atoms with Crippen LogP contribution in [0.3, 0.4) is 0 Å². The smallest absolute Gasteiger partial charge is 0.350 e. The van der Waals surface area contributed by atoms with E-state index in [1.54, 1.807) is 13.8 Å². The van der Waals surface area contributed by atoms with E-state index in [2.05, 4.69) is 16.3 Å². The highest BCUT2D eigenvalue weighted by molar-refractivity contribution is 7.21. The van der Waals surface area contributed by atoms with E-state index in [1.807, 2.05) is 30.3 Å². The number of carbonyl (C=O) groups excluding carboxylic acids is 2. The van der Waals surface area contributed by atoms with Crippen LogP contribution in [0.2, 0.25) is 0 Å². The van der Waals surface area contributed by atoms with Crippen molar-refractivity contribution >= 4 is 39.1 Å². The van der Waals surface area contributed by atoms with E-state index in [1.165, 1.54) is 18.4 Å². The van der Waals surface area contributed by atoms with Crippen molar-refractivity contribution in [3.63, 3.8) is 0 Å². The molecule has 162 valence electrons. The van der Waals surface area contributed by atoms with Gasteiger partial charge in [0, 0.05) is 36.5 Å². The van der Waals surface area contributed by atoms with Crippen LogP contribution in [0.25, 0.3) is 10.2 Å². The Kier molecular flexibility index (Phi) is 6.20. The number of para-hydroxylation sites is 1. The number of nitrogens with zero attached hydrogens (tertiary/aromatic N) is 2. The Hall–Kier alpha value is -2.97. The van der Waals surface area contributed by atoms with Crippen LogP contribution in [0, 0.1) is 5.92 Å². The van der Waals surface area contributed by atoms with E-state index >= 15 is 0 Å². The van der Waals surface area contributed by atoms with E-state index in [0.717, 1.165) is 35.5 Å². The summed E-state index contributed by atoms with van der Waals surface area (Å²) in [4.78, 5) is 32.7. The molecular formula is C23H25N3O4S. The molecule has 3 heterocycles. The third kappa shape index (κ3) is 4.55. The number of ether oxygens (including phenoxy) is 2. The minimum atomic E-state index is -0.482. The highest BCUT2D eigenvalue weighted by atomic mass is 32.1. The topological polar surface area (TPSA) is 80.8 Å². The van der Waals surface area contributed by atoms with Crippen LogP contribution in [-0.4, -0.2) is 42.0 Å². The fraction of sp³-hybridized carbons (Fsp3) is 0.348. The number of anilines is 1. The van der Waals surface area contributed by atoms with Gasteiger partial charge in [-0.15, -0.1) is 11.3 Å². The van der Waals surface area contributed by atoms with Crippen LogP contribution < -0.4 is 10.1 Å². The number of aromatic nitrogens is 1. The van der Waals surface area contributed by atoms with E-state index in [0.29, 0.717) is 28.5 Å². The average molecular weight is 440 g/mol. The summed E-state index contributed by atoms with van der Waals surface area (Å²) < 4.78 is 10.8. The minimum absolute atomic E-state index is 0.155. The molecule has 31 heavy (non-hydrogen) atoms. The van der Waals surface area contributed by atoms with Crippen molar-refractivity contribution in [1.82, 2.24) is 9.88 Å². The number of carbonyl (C=O) groups is 2. The number of hydrogen-bond donors (Lipinski definition) is 1. The van der Waals surface area contributed by atoms with Crippen LogP contribution in [-0.2, 0) is 22.6 Å². The quantitative estimate of drug-likeness (QED) is 0.604. The van der Waals surface area contributed by atoms with Crippen molar-refractivity contribution in [1.29, 1.82) is 0 Å². The van der Waals surface area contributed by atoms with Gasteiger partial charge in [0.2, 0.25) is 5.91 Å². The zero-order valence-electron chi connectivity index (χ0n) is 17.8. The number of rotatable bonds is 5. The number of thiophene rings is 1. The monoisotopic (exact) mass is 439 g/mol. The Bertz CT molecular complexity index is 1130. The summed E-state index contributed by atoms with van der Waals surface area (Å²) in [5.41, 5.74) is 2.52. The van der Waals surface area contributed by atoms with Gasteiger partial charge in [-0.25, -0.2) is 9.78 Å². The lowest BCUT2D eigenvalue weighted by Gasteiger charge is -2.18. The zero-order valence-corrected chi connectivity index (χ0v) is 18.6. The molecule has 0 aliphatic carbocycles. The third-order valence-corrected chi connectivity index (χ3v) is 6.25. The van der Waals surface area contributed by atoms with Crippen LogP contribution >= 0.6 is 11.3 Å². The van der Waals surface area contributed by atoms with Crippen LogP contribution in [0.4, 0.5) is 5.69 Å². The van der Waals surface area contributed by atoms with E-state index in [-0.39, 0.29) is 11.8 Å². The van der Waals surface area contributed by atoms with E-state index in [9.17, 15) is 9.59 Å². The summed E-state index contributed by atoms with van der Waals surface area (Å²) in [7, 11) is 1.33. The molecule has 2 aromatic heterocycles. The summed E-state index contributed by atoms with van der Waals surface area (Å²) in [6.45, 7) is 6.47. The van der Waals surface area contributed by atoms with E-state index in [4.69, 9.17) is 14.5 Å². The molecule has 0 spiro atoms. The second kappa shape index (κ2) is 9.03. The molecule has 1 aliphatic heterocycles. The van der Waals surface area contributed by atoms with Crippen molar-refractivity contribution < 1.29 is 19.1 Å². The Morgan fingerprint density at radius 1 is 1.26 bits per heavy atom. The van der Waals surface area contributed by atoms with Gasteiger partial charge in [-0.1, -0.05) is 32.0 Å². The molecule has 0 radical (unpaired) electrons. The highest BCUT2D eigenvalue weighted by Crippen LogP contribution is 2.36. The minimum Gasteiger partial charge on any atom is -0.492 e. The van der Waals surface area contributed by atoms with Crippen molar-refractivity contribution in [2.75, 3.05) is 25.6 Å². The molecule has 0 saturated heterocycles. The molecule has 4 rings (SSSR count). The van der Waals surface area contributed by atoms with Crippen LogP contribution in [0.5, 0.6) is 5.75 Å². The lowest BCUT2D eigenvalue weighted by molar-refractivity contribution is -0.118. The van der Waals surface area contributed by atoms with E-state index < -0.39 is 5.97 Å². The molecule has 8 heteroatoms. The predicted molar refractivity (Wildman–Crippen MR) is 120 cm³/mol. The molecular weight excluding hydrogens is 414 g/mol. The molecule has 1 aliphatic rings. The Balaban J connectivity index is 1.62. The number of pyridine rings is 1. The van der Waals surface area contributed by atoms with Crippen LogP contribution in [0.1, 0.15) is 34.8 Å². The average Bonchev–Trinajstić information content (AvgIpc) is 2.98. The summed E-state index contributed by atoms with van der Waals surface area (Å²) >= 11 is 1.24. The molecule has 0 fully saturated rings. The Labute approximate surface area is 185 Å². The second-order valence-corrected chi connectivity index (χ2v) is 8.76. The number of methoxy groups -OCH3 is 1. The summed E-state index contributed by atoms with van der Waals surface area (Å²) in [5, 5.41) is 3.62. The molecule has 1 N–H and O–H groups in total. The van der Waals surface area contributed by atoms with Gasteiger partial charge in [-0.2, -0.15) is 0 Å². The Morgan fingerprint density at radius 3 is 2.84 bits per heavy atom. The number of esters is 1. The molecule has 1 amide bonds. The van der Waals surface area contributed by atoms with Crippen molar-refractivity contribution in [2.24, 2.45) is 5.92 Å². The molecule has 1 aromatic carbocycles. The molecule has 0 bridgehead atoms. The third-order valence-electron chi connectivity index (χ3n) is 5.17. The van der Waals surface area contributed by atoms with Gasteiger partial charge in [-0.3, -0.25) is 9.69 Å². The fourth-order valence-corrected chi connectivity index (χ4v) is 4.54. The molecule has 7 nitrogen and oxygen atoms in total. The van der Waals surface area contributed by atoms with Crippen LogP contribution in [0.15, 0.2) is 36.4 Å². The number of fused-ring (bicyclic) bond motifs is 2. The lowest BCUT2D eigenvalue weighted by atomic mass is 10.1. The first-order chi connectivity index (χ1) is 15.0. The summed E-state index contributed by atoms with van der Waals surface area (Å²) in [6.07, 6.45) is 0. The normalized spacial score (nSPS) is 14.1. The first kappa shape index (κ1) is 21.3. The highest BCUT2D eigenvalue weighted by Gasteiger charge is 2.23. The van der Waals surface area contributed by atoms with Gasteiger partial charge < -0.3 is 14.8 Å². The summed E-state index contributed by atoms with van der Waals surface area (Å²) in [6, 6.07) is 11.9. The lowest BCUT2D eigenvalue weighted by Crippen LogP contribution is -2.25. The van der Waals surface area contributed by atoms with Gasteiger partial charge in [0.1, 0.15) is 22.1 Å². The van der Waals surface area contributed by atoms with Gasteiger partial charge in [0.05, 0.1) is 18.5 Å². The van der Waals surface area contributed by atoms with Gasteiger partial charge in [-0.05, 0) is 18.2 Å². The molecule has 0 atom stereocenters. The maximum absolute atomic E-state index is 12.3. The van der Waals surface area contributed by atoms with Crippen molar-refractivity contribution in [3.8, 4) is 5.75 Å². The number of nitrogens with one attached hydrogen (secondary N) is 1. The van der Waals surface area contributed by atoms with Gasteiger partial charge in [0.25, 0.3) is 0 Å². The predicted octanol–water partition coefficient (Wildman–Crippen LogP) is 4.07. The number of hydrogen-bond acceptors (Lipinski definition) is 7. The Morgan fingerprint density at radius 2 is 2.06 bits per heavy atom. The maximum atomic E-state index is 12.3. The largest absolute Gasteiger partial charge is 0.492 e. The van der Waals surface area contributed by atoms with Gasteiger partial charge >= 0.3 is 5.97 Å². The number of amides is 1. The SMILES string of the molecule is COC(=O)c1sc2nc(CN3CCOc4ccccc4C3)ccc2c1NC(=O)C(C)C. The van der Waals surface area contributed by atoms with Crippen molar-refractivity contribution in [2.45, 2.75) is 26.9 Å². The zero-order chi connectivity index (χ0) is 22.0. The molecule has 0 saturated carbocycles. The first-order valence-corrected chi connectivity index (χ1v) is 11.0. The fourth-order valence-electron chi connectivity index (χ4n) is 3.48. The summed E-state index contributed by atoms with van der Waals surface area (Å²) in [5.74, 6) is 0.0859. The van der Waals surface area contributed by atoms with Crippen molar-refractivity contribution in [3.05, 3.63) is 52.5 Å². The molecule has 3 aromatic rings.